The lowest BCUT2D eigenvalue weighted by Gasteiger charge is -2.33. The first kappa shape index (κ1) is 13.8. The minimum atomic E-state index is 0.0425. The second-order valence-corrected chi connectivity index (χ2v) is 5.24. The fourth-order valence-corrected chi connectivity index (χ4v) is 2.66. The Morgan fingerprint density at radius 3 is 3.00 bits per heavy atom. The van der Waals surface area contributed by atoms with Crippen molar-refractivity contribution in [3.8, 4) is 0 Å². The van der Waals surface area contributed by atoms with Crippen LogP contribution in [0.4, 0.5) is 5.82 Å². The van der Waals surface area contributed by atoms with Crippen LogP contribution in [0.3, 0.4) is 0 Å². The van der Waals surface area contributed by atoms with Crippen LogP contribution in [0.5, 0.6) is 0 Å². The predicted molar refractivity (Wildman–Crippen MR) is 82.6 cm³/mol. The molecule has 0 radical (unpaired) electrons. The van der Waals surface area contributed by atoms with Crippen molar-refractivity contribution in [2.75, 3.05) is 32.1 Å². The molecule has 0 saturated carbocycles. The van der Waals surface area contributed by atoms with Crippen molar-refractivity contribution in [3.63, 3.8) is 0 Å². The van der Waals surface area contributed by atoms with Gasteiger partial charge in [-0.25, -0.2) is 4.98 Å². The molecule has 0 spiro atoms. The van der Waals surface area contributed by atoms with E-state index in [0.717, 1.165) is 10.9 Å². The number of amides is 1. The van der Waals surface area contributed by atoms with Gasteiger partial charge in [-0.2, -0.15) is 0 Å². The molecule has 0 bridgehead atoms. The number of ether oxygens (including phenoxy) is 1. The van der Waals surface area contributed by atoms with Gasteiger partial charge in [0.15, 0.2) is 0 Å². The molecule has 1 aliphatic heterocycles. The number of carbonyl (C=O) groups excluding carboxylic acids is 1. The highest BCUT2D eigenvalue weighted by Gasteiger charge is 2.26. The quantitative estimate of drug-likeness (QED) is 0.918. The number of hydrogen-bond donors (Lipinski definition) is 1. The van der Waals surface area contributed by atoms with E-state index < -0.39 is 0 Å². The van der Waals surface area contributed by atoms with E-state index in [1.165, 1.54) is 0 Å². The molecule has 1 atom stereocenters. The van der Waals surface area contributed by atoms with Gasteiger partial charge in [-0.15, -0.1) is 0 Å². The van der Waals surface area contributed by atoms with Crippen molar-refractivity contribution in [1.29, 1.82) is 0 Å². The van der Waals surface area contributed by atoms with E-state index in [0.29, 0.717) is 31.1 Å². The first-order valence-corrected chi connectivity index (χ1v) is 7.17. The summed E-state index contributed by atoms with van der Waals surface area (Å²) in [5.41, 5.74) is 1.52. The van der Waals surface area contributed by atoms with Crippen molar-refractivity contribution in [1.82, 2.24) is 9.88 Å². The molecule has 5 heteroatoms. The highest BCUT2D eigenvalue weighted by atomic mass is 16.5. The molecule has 1 aromatic heterocycles. The SMILES string of the molecule is CNc1cc(C(=O)N2CCOCC2C)c2ccccc2n1. The Kier molecular flexibility index (Phi) is 3.75. The monoisotopic (exact) mass is 285 g/mol. The van der Waals surface area contributed by atoms with E-state index >= 15 is 0 Å². The molecule has 21 heavy (non-hydrogen) atoms. The molecule has 1 aromatic carbocycles. The number of nitrogens with zero attached hydrogens (tertiary/aromatic N) is 2. The Balaban J connectivity index is 2.07. The van der Waals surface area contributed by atoms with Crippen molar-refractivity contribution in [3.05, 3.63) is 35.9 Å². The number of pyridine rings is 1. The molecule has 2 aromatic rings. The third-order valence-corrected chi connectivity index (χ3v) is 3.83. The predicted octanol–water partition coefficient (Wildman–Crippen LogP) is 2.14. The summed E-state index contributed by atoms with van der Waals surface area (Å²) in [6, 6.07) is 9.65. The molecule has 1 amide bonds. The highest BCUT2D eigenvalue weighted by molar-refractivity contribution is 6.07. The Labute approximate surface area is 123 Å². The Hall–Kier alpha value is -2.14. The third kappa shape index (κ3) is 2.56. The average molecular weight is 285 g/mol. The Bertz CT molecular complexity index is 672. The maximum absolute atomic E-state index is 12.9. The fraction of sp³-hybridized carbons (Fsp3) is 0.375. The van der Waals surface area contributed by atoms with Gasteiger partial charge in [0, 0.05) is 19.0 Å². The number of hydrogen-bond acceptors (Lipinski definition) is 4. The van der Waals surface area contributed by atoms with Gasteiger partial charge in [-0.1, -0.05) is 18.2 Å². The summed E-state index contributed by atoms with van der Waals surface area (Å²) >= 11 is 0. The lowest BCUT2D eigenvalue weighted by molar-refractivity contribution is 0.00370. The zero-order valence-corrected chi connectivity index (χ0v) is 12.3. The summed E-state index contributed by atoms with van der Waals surface area (Å²) in [4.78, 5) is 19.3. The van der Waals surface area contributed by atoms with Crippen LogP contribution in [0.1, 0.15) is 17.3 Å². The average Bonchev–Trinajstić information content (AvgIpc) is 2.53. The maximum Gasteiger partial charge on any atom is 0.255 e. The van der Waals surface area contributed by atoms with Crippen LogP contribution in [0, 0.1) is 0 Å². The van der Waals surface area contributed by atoms with Gasteiger partial charge in [-0.05, 0) is 19.1 Å². The normalized spacial score (nSPS) is 18.8. The summed E-state index contributed by atoms with van der Waals surface area (Å²) in [6.45, 7) is 3.83. The minimum absolute atomic E-state index is 0.0425. The lowest BCUT2D eigenvalue weighted by Crippen LogP contribution is -2.47. The number of benzene rings is 1. The first-order valence-electron chi connectivity index (χ1n) is 7.17. The molecular formula is C16H19N3O2. The van der Waals surface area contributed by atoms with Gasteiger partial charge >= 0.3 is 0 Å². The summed E-state index contributed by atoms with van der Waals surface area (Å²) in [5, 5.41) is 3.91. The molecule has 5 nitrogen and oxygen atoms in total. The van der Waals surface area contributed by atoms with Crippen molar-refractivity contribution in [2.45, 2.75) is 13.0 Å². The number of fused-ring (bicyclic) bond motifs is 1. The number of carbonyl (C=O) groups is 1. The summed E-state index contributed by atoms with van der Waals surface area (Å²) < 4.78 is 5.41. The van der Waals surface area contributed by atoms with Gasteiger partial charge in [0.25, 0.3) is 5.91 Å². The van der Waals surface area contributed by atoms with Crippen molar-refractivity contribution in [2.24, 2.45) is 0 Å². The molecule has 1 N–H and O–H groups in total. The first-order chi connectivity index (χ1) is 10.2. The molecule has 1 saturated heterocycles. The van der Waals surface area contributed by atoms with Gasteiger partial charge in [0.1, 0.15) is 5.82 Å². The van der Waals surface area contributed by atoms with Crippen molar-refractivity contribution < 1.29 is 9.53 Å². The Morgan fingerprint density at radius 2 is 2.24 bits per heavy atom. The number of para-hydroxylation sites is 1. The largest absolute Gasteiger partial charge is 0.377 e. The standard InChI is InChI=1S/C16H19N3O2/c1-11-10-21-8-7-19(11)16(20)13-9-15(17-2)18-14-6-4-3-5-12(13)14/h3-6,9,11H,7-8,10H2,1-2H3,(H,17,18). The zero-order chi connectivity index (χ0) is 14.8. The highest BCUT2D eigenvalue weighted by Crippen LogP contribution is 2.23. The lowest BCUT2D eigenvalue weighted by atomic mass is 10.1. The van der Waals surface area contributed by atoms with E-state index in [9.17, 15) is 4.79 Å². The van der Waals surface area contributed by atoms with Gasteiger partial charge < -0.3 is 15.0 Å². The number of aromatic nitrogens is 1. The van der Waals surface area contributed by atoms with Crippen LogP contribution < -0.4 is 5.32 Å². The topological polar surface area (TPSA) is 54.5 Å². The number of nitrogens with one attached hydrogen (secondary N) is 1. The van der Waals surface area contributed by atoms with E-state index in [2.05, 4.69) is 10.3 Å². The molecule has 3 rings (SSSR count). The van der Waals surface area contributed by atoms with E-state index in [1.807, 2.05) is 49.2 Å². The van der Waals surface area contributed by atoms with Crippen LogP contribution >= 0.6 is 0 Å². The molecule has 1 unspecified atom stereocenters. The molecular weight excluding hydrogens is 266 g/mol. The van der Waals surface area contributed by atoms with Crippen LogP contribution in [-0.4, -0.2) is 48.6 Å². The van der Waals surface area contributed by atoms with Crippen LogP contribution in [0.15, 0.2) is 30.3 Å². The summed E-state index contributed by atoms with van der Waals surface area (Å²) in [7, 11) is 1.81. The smallest absolute Gasteiger partial charge is 0.255 e. The zero-order valence-electron chi connectivity index (χ0n) is 12.3. The molecule has 1 aliphatic rings. The van der Waals surface area contributed by atoms with Crippen LogP contribution in [0.25, 0.3) is 10.9 Å². The molecule has 110 valence electrons. The molecule has 2 heterocycles. The summed E-state index contributed by atoms with van der Waals surface area (Å²) in [5.74, 6) is 0.749. The van der Waals surface area contributed by atoms with Crippen LogP contribution in [-0.2, 0) is 4.74 Å². The summed E-state index contributed by atoms with van der Waals surface area (Å²) in [6.07, 6.45) is 0. The number of rotatable bonds is 2. The third-order valence-electron chi connectivity index (χ3n) is 3.83. The maximum atomic E-state index is 12.9. The van der Waals surface area contributed by atoms with Crippen molar-refractivity contribution >= 4 is 22.6 Å². The van der Waals surface area contributed by atoms with Gasteiger partial charge in [0.2, 0.25) is 0 Å². The Morgan fingerprint density at radius 1 is 1.43 bits per heavy atom. The molecule has 0 aliphatic carbocycles. The van der Waals surface area contributed by atoms with Crippen LogP contribution in [0.2, 0.25) is 0 Å². The second-order valence-electron chi connectivity index (χ2n) is 5.24. The number of anilines is 1. The van der Waals surface area contributed by atoms with Gasteiger partial charge in [0.05, 0.1) is 30.3 Å². The number of morpholine rings is 1. The second kappa shape index (κ2) is 5.69. The molecule has 1 fully saturated rings. The van der Waals surface area contributed by atoms with E-state index in [-0.39, 0.29) is 11.9 Å². The van der Waals surface area contributed by atoms with E-state index in [4.69, 9.17) is 4.74 Å². The van der Waals surface area contributed by atoms with E-state index in [1.54, 1.807) is 0 Å². The van der Waals surface area contributed by atoms with Gasteiger partial charge in [-0.3, -0.25) is 4.79 Å². The minimum Gasteiger partial charge on any atom is -0.377 e. The fourth-order valence-electron chi connectivity index (χ4n) is 2.66.